The molecule has 7 heteroatoms. The fourth-order valence-corrected chi connectivity index (χ4v) is 2.51. The maximum Gasteiger partial charge on any atom is 0.335 e. The molecule has 1 rings (SSSR count). The van der Waals surface area contributed by atoms with Gasteiger partial charge in [-0.15, -0.1) is 0 Å². The molecule has 0 radical (unpaired) electrons. The standard InChI is InChI=1S/C12H14FNO4S/c1-2-3-4-7-14-19(17,18)11-8-9(12(15)16)5-6-10(11)13/h2-3,5-6,8,14H,4,7H2,1H3,(H,15,16)/b3-2+. The van der Waals surface area contributed by atoms with Crippen LogP contribution in [0, 0.1) is 5.82 Å². The van der Waals surface area contributed by atoms with Crippen molar-refractivity contribution in [1.29, 1.82) is 0 Å². The summed E-state index contributed by atoms with van der Waals surface area (Å²) in [5.74, 6) is -2.30. The number of aromatic carboxylic acids is 1. The van der Waals surface area contributed by atoms with Gasteiger partial charge in [-0.25, -0.2) is 22.3 Å². The van der Waals surface area contributed by atoms with Crippen LogP contribution < -0.4 is 4.72 Å². The van der Waals surface area contributed by atoms with Gasteiger partial charge >= 0.3 is 5.97 Å². The summed E-state index contributed by atoms with van der Waals surface area (Å²) in [5.41, 5.74) is -0.282. The molecule has 0 aliphatic carbocycles. The highest BCUT2D eigenvalue weighted by Gasteiger charge is 2.20. The van der Waals surface area contributed by atoms with E-state index < -0.39 is 26.7 Å². The number of hydrogen-bond donors (Lipinski definition) is 2. The van der Waals surface area contributed by atoms with Crippen molar-refractivity contribution in [2.75, 3.05) is 6.54 Å². The SMILES string of the molecule is C/C=C/CCNS(=O)(=O)c1cc(C(=O)O)ccc1F. The van der Waals surface area contributed by atoms with E-state index in [9.17, 15) is 17.6 Å². The van der Waals surface area contributed by atoms with Crippen LogP contribution in [0.25, 0.3) is 0 Å². The van der Waals surface area contributed by atoms with Crippen LogP contribution in [0.5, 0.6) is 0 Å². The molecule has 0 saturated heterocycles. The van der Waals surface area contributed by atoms with E-state index in [2.05, 4.69) is 4.72 Å². The lowest BCUT2D eigenvalue weighted by atomic mass is 10.2. The largest absolute Gasteiger partial charge is 0.478 e. The predicted octanol–water partition coefficient (Wildman–Crippen LogP) is 1.77. The molecule has 0 aliphatic heterocycles. The Hall–Kier alpha value is -1.73. The van der Waals surface area contributed by atoms with Gasteiger partial charge in [-0.3, -0.25) is 0 Å². The molecule has 0 bridgehead atoms. The molecule has 5 nitrogen and oxygen atoms in total. The third-order valence-electron chi connectivity index (χ3n) is 2.31. The van der Waals surface area contributed by atoms with Gasteiger partial charge in [0, 0.05) is 6.54 Å². The van der Waals surface area contributed by atoms with Gasteiger partial charge in [0.25, 0.3) is 0 Å². The highest BCUT2D eigenvalue weighted by Crippen LogP contribution is 2.16. The van der Waals surface area contributed by atoms with Gasteiger partial charge in [0.05, 0.1) is 5.56 Å². The molecule has 2 N–H and O–H groups in total. The Balaban J connectivity index is 3.00. The van der Waals surface area contributed by atoms with Gasteiger partial charge < -0.3 is 5.11 Å². The molecule has 19 heavy (non-hydrogen) atoms. The molecule has 0 aromatic heterocycles. The summed E-state index contributed by atoms with van der Waals surface area (Å²) < 4.78 is 39.3. The van der Waals surface area contributed by atoms with Crippen molar-refractivity contribution in [3.63, 3.8) is 0 Å². The number of allylic oxidation sites excluding steroid dienone is 1. The van der Waals surface area contributed by atoms with Crippen molar-refractivity contribution >= 4 is 16.0 Å². The zero-order chi connectivity index (χ0) is 14.5. The Morgan fingerprint density at radius 1 is 1.47 bits per heavy atom. The Morgan fingerprint density at radius 2 is 2.16 bits per heavy atom. The Labute approximate surface area is 110 Å². The van der Waals surface area contributed by atoms with Crippen LogP contribution in [-0.2, 0) is 10.0 Å². The van der Waals surface area contributed by atoms with Crippen LogP contribution in [-0.4, -0.2) is 26.0 Å². The number of sulfonamides is 1. The van der Waals surface area contributed by atoms with Crippen molar-refractivity contribution in [3.05, 3.63) is 41.7 Å². The first-order valence-corrected chi connectivity index (χ1v) is 7.00. The predicted molar refractivity (Wildman–Crippen MR) is 68.0 cm³/mol. The minimum absolute atomic E-state index is 0.114. The topological polar surface area (TPSA) is 83.5 Å². The van der Waals surface area contributed by atoms with Gasteiger partial charge in [-0.05, 0) is 31.5 Å². The first-order valence-electron chi connectivity index (χ1n) is 5.52. The van der Waals surface area contributed by atoms with Gasteiger partial charge in [-0.2, -0.15) is 0 Å². The first-order chi connectivity index (χ1) is 8.88. The molecule has 1 aromatic carbocycles. The smallest absolute Gasteiger partial charge is 0.335 e. The number of carbonyl (C=O) groups is 1. The third kappa shape index (κ3) is 4.15. The van der Waals surface area contributed by atoms with Crippen LogP contribution in [0.2, 0.25) is 0 Å². The minimum atomic E-state index is -4.05. The van der Waals surface area contributed by atoms with E-state index in [0.717, 1.165) is 18.2 Å². The number of hydrogen-bond acceptors (Lipinski definition) is 3. The second-order valence-electron chi connectivity index (χ2n) is 3.71. The molecule has 0 amide bonds. The summed E-state index contributed by atoms with van der Waals surface area (Å²) in [6.07, 6.45) is 3.99. The van der Waals surface area contributed by atoms with Crippen molar-refractivity contribution in [2.24, 2.45) is 0 Å². The average molecular weight is 287 g/mol. The summed E-state index contributed by atoms with van der Waals surface area (Å²) in [7, 11) is -4.05. The minimum Gasteiger partial charge on any atom is -0.478 e. The maximum atomic E-state index is 13.5. The quantitative estimate of drug-likeness (QED) is 0.617. The van der Waals surface area contributed by atoms with E-state index in [1.165, 1.54) is 0 Å². The summed E-state index contributed by atoms with van der Waals surface area (Å²) >= 11 is 0. The number of nitrogens with one attached hydrogen (secondary N) is 1. The highest BCUT2D eigenvalue weighted by atomic mass is 32.2. The van der Waals surface area contributed by atoms with E-state index in [4.69, 9.17) is 5.11 Å². The summed E-state index contributed by atoms with van der Waals surface area (Å²) in [6, 6.07) is 2.64. The van der Waals surface area contributed by atoms with Gasteiger partial charge in [0.2, 0.25) is 10.0 Å². The van der Waals surface area contributed by atoms with Crippen LogP contribution in [0.4, 0.5) is 4.39 Å². The summed E-state index contributed by atoms with van der Waals surface area (Å²) in [4.78, 5) is 10.1. The number of benzene rings is 1. The third-order valence-corrected chi connectivity index (χ3v) is 3.78. The molecule has 0 saturated carbocycles. The molecule has 0 heterocycles. The molecule has 0 unspecified atom stereocenters. The van der Waals surface area contributed by atoms with Gasteiger partial charge in [-0.1, -0.05) is 12.2 Å². The van der Waals surface area contributed by atoms with Crippen molar-refractivity contribution in [3.8, 4) is 0 Å². The first kappa shape index (κ1) is 15.3. The van der Waals surface area contributed by atoms with Crippen LogP contribution in [0.15, 0.2) is 35.2 Å². The lowest BCUT2D eigenvalue weighted by Crippen LogP contribution is -2.25. The number of carboxylic acid groups (broad SMARTS) is 1. The zero-order valence-electron chi connectivity index (χ0n) is 10.3. The van der Waals surface area contributed by atoms with E-state index in [0.29, 0.717) is 6.42 Å². The Morgan fingerprint density at radius 3 is 2.74 bits per heavy atom. The maximum absolute atomic E-state index is 13.5. The molecule has 104 valence electrons. The Kier molecular flexibility index (Phi) is 5.20. The molecular formula is C12H14FNO4S. The van der Waals surface area contributed by atoms with Crippen molar-refractivity contribution in [2.45, 2.75) is 18.2 Å². The molecule has 0 fully saturated rings. The van der Waals surface area contributed by atoms with E-state index >= 15 is 0 Å². The second kappa shape index (κ2) is 6.44. The van der Waals surface area contributed by atoms with Crippen molar-refractivity contribution in [1.82, 2.24) is 4.72 Å². The lowest BCUT2D eigenvalue weighted by molar-refractivity contribution is 0.0696. The van der Waals surface area contributed by atoms with Crippen LogP contribution >= 0.6 is 0 Å². The lowest BCUT2D eigenvalue weighted by Gasteiger charge is -2.07. The monoisotopic (exact) mass is 287 g/mol. The molecule has 0 atom stereocenters. The summed E-state index contributed by atoms with van der Waals surface area (Å²) in [6.45, 7) is 1.91. The highest BCUT2D eigenvalue weighted by molar-refractivity contribution is 7.89. The second-order valence-corrected chi connectivity index (χ2v) is 5.44. The van der Waals surface area contributed by atoms with Gasteiger partial charge in [0.1, 0.15) is 10.7 Å². The van der Waals surface area contributed by atoms with Gasteiger partial charge in [0.15, 0.2) is 0 Å². The normalized spacial score (nSPS) is 11.9. The molecular weight excluding hydrogens is 273 g/mol. The zero-order valence-corrected chi connectivity index (χ0v) is 11.1. The number of rotatable bonds is 6. The number of halogens is 1. The van der Waals surface area contributed by atoms with E-state index in [1.807, 2.05) is 0 Å². The molecule has 0 spiro atoms. The Bertz CT molecular complexity index is 596. The van der Waals surface area contributed by atoms with E-state index in [1.54, 1.807) is 19.1 Å². The average Bonchev–Trinajstić information content (AvgIpc) is 2.34. The molecule has 1 aromatic rings. The van der Waals surface area contributed by atoms with Crippen LogP contribution in [0.3, 0.4) is 0 Å². The number of carboxylic acids is 1. The summed E-state index contributed by atoms with van der Waals surface area (Å²) in [5, 5.41) is 8.77. The van der Waals surface area contributed by atoms with E-state index in [-0.39, 0.29) is 12.1 Å². The van der Waals surface area contributed by atoms with Crippen LogP contribution in [0.1, 0.15) is 23.7 Å². The fraction of sp³-hybridized carbons (Fsp3) is 0.250. The fourth-order valence-electron chi connectivity index (χ4n) is 1.36. The molecule has 0 aliphatic rings. The van der Waals surface area contributed by atoms with Crippen molar-refractivity contribution < 1.29 is 22.7 Å².